The standard InChI is InChI=1S/C24H28ClFN2O3/c1-30-16-12-27-24(29)19-6-9-23(22(25)17-19)31-21-10-14-28(15-11-21)13-2-3-18-4-7-20(26)8-5-18/h2-9,17,21H,10-16H2,1H3,(H,27,29). The van der Waals surface area contributed by atoms with Crippen LogP contribution in [0.1, 0.15) is 28.8 Å². The Morgan fingerprint density at radius 2 is 1.97 bits per heavy atom. The Labute approximate surface area is 187 Å². The van der Waals surface area contributed by atoms with Crippen molar-refractivity contribution in [1.82, 2.24) is 10.2 Å². The van der Waals surface area contributed by atoms with E-state index in [0.717, 1.165) is 38.0 Å². The lowest BCUT2D eigenvalue weighted by Gasteiger charge is -2.31. The molecule has 0 atom stereocenters. The first-order valence-corrected chi connectivity index (χ1v) is 10.8. The van der Waals surface area contributed by atoms with Crippen LogP contribution in [0.2, 0.25) is 5.02 Å². The summed E-state index contributed by atoms with van der Waals surface area (Å²) in [7, 11) is 1.59. The minimum absolute atomic E-state index is 0.0937. The van der Waals surface area contributed by atoms with Gasteiger partial charge in [-0.2, -0.15) is 0 Å². The average molecular weight is 447 g/mol. The summed E-state index contributed by atoms with van der Waals surface area (Å²) in [5, 5.41) is 3.21. The van der Waals surface area contributed by atoms with E-state index >= 15 is 0 Å². The van der Waals surface area contributed by atoms with Gasteiger partial charge in [0.05, 0.1) is 11.6 Å². The van der Waals surface area contributed by atoms with Gasteiger partial charge >= 0.3 is 0 Å². The van der Waals surface area contributed by atoms with Gasteiger partial charge in [-0.05, 0) is 48.7 Å². The summed E-state index contributed by atoms with van der Waals surface area (Å²) in [6.45, 7) is 3.61. The van der Waals surface area contributed by atoms with E-state index in [4.69, 9.17) is 21.1 Å². The number of nitrogens with zero attached hydrogens (tertiary/aromatic N) is 1. The molecule has 0 radical (unpaired) electrons. The molecule has 166 valence electrons. The summed E-state index contributed by atoms with van der Waals surface area (Å²) >= 11 is 6.35. The third-order valence-electron chi connectivity index (χ3n) is 5.16. The van der Waals surface area contributed by atoms with Crippen molar-refractivity contribution in [3.63, 3.8) is 0 Å². The van der Waals surface area contributed by atoms with Crippen molar-refractivity contribution in [3.8, 4) is 5.75 Å². The number of methoxy groups -OCH3 is 1. The number of piperidine rings is 1. The monoisotopic (exact) mass is 446 g/mol. The lowest BCUT2D eigenvalue weighted by atomic mass is 10.1. The van der Waals surface area contributed by atoms with E-state index in [1.165, 1.54) is 12.1 Å². The molecule has 1 heterocycles. The topological polar surface area (TPSA) is 50.8 Å². The molecule has 0 unspecified atom stereocenters. The largest absolute Gasteiger partial charge is 0.489 e. The summed E-state index contributed by atoms with van der Waals surface area (Å²) in [5.74, 6) is 0.191. The van der Waals surface area contributed by atoms with Gasteiger partial charge in [-0.15, -0.1) is 0 Å². The van der Waals surface area contributed by atoms with Gasteiger partial charge in [0.15, 0.2) is 0 Å². The maximum absolute atomic E-state index is 13.0. The zero-order chi connectivity index (χ0) is 22.1. The molecule has 0 bridgehead atoms. The van der Waals surface area contributed by atoms with Gasteiger partial charge in [-0.1, -0.05) is 35.9 Å². The zero-order valence-electron chi connectivity index (χ0n) is 17.7. The fourth-order valence-electron chi connectivity index (χ4n) is 3.41. The van der Waals surface area contributed by atoms with Gasteiger partial charge < -0.3 is 14.8 Å². The van der Waals surface area contributed by atoms with Crippen molar-refractivity contribution < 1.29 is 18.7 Å². The number of carbonyl (C=O) groups excluding carboxylic acids is 1. The molecule has 2 aromatic rings. The molecule has 1 aliphatic heterocycles. The molecule has 3 rings (SSSR count). The molecule has 7 heteroatoms. The van der Waals surface area contributed by atoms with Gasteiger partial charge in [-0.3, -0.25) is 9.69 Å². The zero-order valence-corrected chi connectivity index (χ0v) is 18.4. The number of ether oxygens (including phenoxy) is 2. The van der Waals surface area contributed by atoms with Crippen LogP contribution in [0.4, 0.5) is 4.39 Å². The van der Waals surface area contributed by atoms with E-state index in [0.29, 0.717) is 29.5 Å². The second kappa shape index (κ2) is 11.8. The SMILES string of the molecule is COCCNC(=O)c1ccc(OC2CCN(CC=Cc3ccc(F)cc3)CC2)c(Cl)c1. The van der Waals surface area contributed by atoms with Crippen LogP contribution in [0.3, 0.4) is 0 Å². The van der Waals surface area contributed by atoms with Crippen molar-refractivity contribution in [2.75, 3.05) is 39.9 Å². The van der Waals surface area contributed by atoms with Crippen LogP contribution >= 0.6 is 11.6 Å². The predicted octanol–water partition coefficient (Wildman–Crippen LogP) is 4.41. The fourth-order valence-corrected chi connectivity index (χ4v) is 3.63. The van der Waals surface area contributed by atoms with Crippen LogP contribution in [-0.2, 0) is 4.74 Å². The number of hydrogen-bond acceptors (Lipinski definition) is 4. The fraction of sp³-hybridized carbons (Fsp3) is 0.375. The van der Waals surface area contributed by atoms with E-state index in [1.807, 2.05) is 6.08 Å². The molecule has 1 amide bonds. The molecule has 0 saturated carbocycles. The van der Waals surface area contributed by atoms with Crippen molar-refractivity contribution in [1.29, 1.82) is 0 Å². The Morgan fingerprint density at radius 3 is 2.65 bits per heavy atom. The van der Waals surface area contributed by atoms with E-state index in [1.54, 1.807) is 37.4 Å². The van der Waals surface area contributed by atoms with Crippen LogP contribution in [0.15, 0.2) is 48.5 Å². The van der Waals surface area contributed by atoms with Crippen LogP contribution in [0, 0.1) is 5.82 Å². The highest BCUT2D eigenvalue weighted by Crippen LogP contribution is 2.28. The van der Waals surface area contributed by atoms with Gasteiger partial charge in [0, 0.05) is 38.9 Å². The summed E-state index contributed by atoms with van der Waals surface area (Å²) in [6.07, 6.45) is 6.01. The molecule has 1 N–H and O–H groups in total. The van der Waals surface area contributed by atoms with Crippen LogP contribution in [-0.4, -0.2) is 56.8 Å². The first-order chi connectivity index (χ1) is 15.0. The molecule has 0 spiro atoms. The second-order valence-corrected chi connectivity index (χ2v) is 7.87. The summed E-state index contributed by atoms with van der Waals surface area (Å²) < 4.78 is 24.0. The number of rotatable bonds is 9. The molecule has 5 nitrogen and oxygen atoms in total. The molecule has 0 aromatic heterocycles. The molecular formula is C24H28ClFN2O3. The van der Waals surface area contributed by atoms with Gasteiger partial charge in [0.2, 0.25) is 0 Å². The minimum Gasteiger partial charge on any atom is -0.489 e. The van der Waals surface area contributed by atoms with Crippen LogP contribution in [0.25, 0.3) is 6.08 Å². The average Bonchev–Trinajstić information content (AvgIpc) is 2.78. The van der Waals surface area contributed by atoms with E-state index in [2.05, 4.69) is 16.3 Å². The third-order valence-corrected chi connectivity index (χ3v) is 5.45. The maximum Gasteiger partial charge on any atom is 0.251 e. The van der Waals surface area contributed by atoms with E-state index in [-0.39, 0.29) is 17.8 Å². The van der Waals surface area contributed by atoms with E-state index in [9.17, 15) is 9.18 Å². The number of hydrogen-bond donors (Lipinski definition) is 1. The number of benzene rings is 2. The van der Waals surface area contributed by atoms with Crippen molar-refractivity contribution in [3.05, 3.63) is 70.5 Å². The number of likely N-dealkylation sites (tertiary alicyclic amines) is 1. The Kier molecular flexibility index (Phi) is 8.88. The summed E-state index contributed by atoms with van der Waals surface area (Å²) in [5.41, 5.74) is 1.49. The van der Waals surface area contributed by atoms with Gasteiger partial charge in [-0.25, -0.2) is 4.39 Å². The molecular weight excluding hydrogens is 419 g/mol. The Balaban J connectivity index is 1.44. The quantitative estimate of drug-likeness (QED) is 0.579. The number of amides is 1. The molecule has 2 aromatic carbocycles. The molecule has 1 saturated heterocycles. The molecule has 0 aliphatic carbocycles. The number of nitrogens with one attached hydrogen (secondary N) is 1. The first-order valence-electron chi connectivity index (χ1n) is 10.4. The molecule has 31 heavy (non-hydrogen) atoms. The molecule has 1 fully saturated rings. The Hall–Kier alpha value is -2.41. The van der Waals surface area contributed by atoms with Gasteiger partial charge in [0.1, 0.15) is 17.7 Å². The number of carbonyl (C=O) groups is 1. The van der Waals surface area contributed by atoms with Crippen LogP contribution in [0.5, 0.6) is 5.75 Å². The highest BCUT2D eigenvalue weighted by Gasteiger charge is 2.21. The molecule has 1 aliphatic rings. The normalized spacial score (nSPS) is 15.3. The number of halogens is 2. The second-order valence-electron chi connectivity index (χ2n) is 7.47. The summed E-state index contributed by atoms with van der Waals surface area (Å²) in [4.78, 5) is 14.5. The highest BCUT2D eigenvalue weighted by atomic mass is 35.5. The smallest absolute Gasteiger partial charge is 0.251 e. The highest BCUT2D eigenvalue weighted by molar-refractivity contribution is 6.32. The maximum atomic E-state index is 13.0. The Bertz CT molecular complexity index is 881. The summed E-state index contributed by atoms with van der Waals surface area (Å²) in [6, 6.07) is 11.6. The van der Waals surface area contributed by atoms with Crippen molar-refractivity contribution >= 4 is 23.6 Å². The third kappa shape index (κ3) is 7.35. The first kappa shape index (κ1) is 23.3. The van der Waals surface area contributed by atoms with Crippen molar-refractivity contribution in [2.45, 2.75) is 18.9 Å². The van der Waals surface area contributed by atoms with Crippen molar-refractivity contribution in [2.24, 2.45) is 0 Å². The van der Waals surface area contributed by atoms with Crippen LogP contribution < -0.4 is 10.1 Å². The van der Waals surface area contributed by atoms with E-state index < -0.39 is 0 Å². The minimum atomic E-state index is -0.223. The predicted molar refractivity (Wildman–Crippen MR) is 121 cm³/mol. The lowest BCUT2D eigenvalue weighted by molar-refractivity contribution is 0.0936. The Morgan fingerprint density at radius 1 is 1.23 bits per heavy atom. The van der Waals surface area contributed by atoms with Gasteiger partial charge in [0.25, 0.3) is 5.91 Å². The lowest BCUT2D eigenvalue weighted by Crippen LogP contribution is -2.38.